The molecular weight excluding hydrogens is 321 g/mol. The fourth-order valence-electron chi connectivity index (χ4n) is 2.87. The Kier molecular flexibility index (Phi) is 3.67. The van der Waals surface area contributed by atoms with Crippen LogP contribution in [0.25, 0.3) is 0 Å². The van der Waals surface area contributed by atoms with Crippen LogP contribution in [0.15, 0.2) is 23.1 Å². The number of benzene rings is 1. The van der Waals surface area contributed by atoms with Crippen LogP contribution in [0.3, 0.4) is 0 Å². The van der Waals surface area contributed by atoms with Crippen molar-refractivity contribution in [3.05, 3.63) is 29.6 Å². The second-order valence-electron chi connectivity index (χ2n) is 5.27. The van der Waals surface area contributed by atoms with Gasteiger partial charge in [-0.1, -0.05) is 0 Å². The quantitative estimate of drug-likeness (QED) is 0.856. The highest BCUT2D eigenvalue weighted by molar-refractivity contribution is 8.13. The lowest BCUT2D eigenvalue weighted by Crippen LogP contribution is -2.41. The van der Waals surface area contributed by atoms with Gasteiger partial charge in [0.2, 0.25) is 0 Å². The van der Waals surface area contributed by atoms with Crippen molar-refractivity contribution in [3.8, 4) is 0 Å². The number of ether oxygens (including phenoxy) is 1. The van der Waals surface area contributed by atoms with Gasteiger partial charge in [0.1, 0.15) is 5.82 Å². The van der Waals surface area contributed by atoms with Gasteiger partial charge in [0.25, 0.3) is 15.0 Å². The van der Waals surface area contributed by atoms with E-state index in [4.69, 9.17) is 15.4 Å². The molecule has 2 aliphatic rings. The maximum atomic E-state index is 13.7. The number of hydrogen-bond acceptors (Lipinski definition) is 4. The minimum atomic E-state index is -4.01. The molecule has 2 bridgehead atoms. The van der Waals surface area contributed by atoms with Crippen LogP contribution in [-0.4, -0.2) is 32.6 Å². The van der Waals surface area contributed by atoms with Crippen LogP contribution in [0, 0.1) is 5.82 Å². The normalized spacial score (nSPS) is 27.8. The third-order valence-electron chi connectivity index (χ3n) is 3.89. The average molecular weight is 334 g/mol. The summed E-state index contributed by atoms with van der Waals surface area (Å²) in [5, 5.41) is 2.70. The molecule has 2 saturated heterocycles. The van der Waals surface area contributed by atoms with E-state index in [0.717, 1.165) is 31.0 Å². The summed E-state index contributed by atoms with van der Waals surface area (Å²) in [4.78, 5) is 11.8. The van der Waals surface area contributed by atoms with Crippen molar-refractivity contribution in [1.29, 1.82) is 0 Å². The minimum absolute atomic E-state index is 0.0399. The third-order valence-corrected chi connectivity index (χ3v) is 5.24. The van der Waals surface area contributed by atoms with Gasteiger partial charge in [0.05, 0.1) is 28.7 Å². The van der Waals surface area contributed by atoms with Crippen molar-refractivity contribution in [2.75, 3.05) is 0 Å². The fourth-order valence-corrected chi connectivity index (χ4v) is 3.64. The molecule has 2 heterocycles. The fraction of sp³-hybridized carbons (Fsp3) is 0.462. The van der Waals surface area contributed by atoms with Gasteiger partial charge >= 0.3 is 0 Å². The number of nitrogens with one attached hydrogen (secondary N) is 1. The topological polar surface area (TPSA) is 72.5 Å². The summed E-state index contributed by atoms with van der Waals surface area (Å²) >= 11 is 0. The molecule has 1 N–H and O–H groups in total. The maximum absolute atomic E-state index is 13.7. The van der Waals surface area contributed by atoms with Crippen LogP contribution in [0.2, 0.25) is 0 Å². The molecule has 3 rings (SSSR count). The van der Waals surface area contributed by atoms with Crippen LogP contribution in [0.4, 0.5) is 4.39 Å². The Labute approximate surface area is 125 Å². The zero-order valence-electron chi connectivity index (χ0n) is 10.9. The molecular formula is C13H13ClFNO4S. The van der Waals surface area contributed by atoms with E-state index in [1.54, 1.807) is 0 Å². The van der Waals surface area contributed by atoms with Gasteiger partial charge in [-0.2, -0.15) is 0 Å². The minimum Gasteiger partial charge on any atom is -0.373 e. The smallest absolute Gasteiger partial charge is 0.261 e. The number of carbonyl (C=O) groups excluding carboxylic acids is 1. The molecule has 1 aromatic carbocycles. The summed E-state index contributed by atoms with van der Waals surface area (Å²) < 4.78 is 41.9. The summed E-state index contributed by atoms with van der Waals surface area (Å²) in [5.74, 6) is -1.45. The van der Waals surface area contributed by atoms with Gasteiger partial charge in [0.15, 0.2) is 0 Å². The standard InChI is InChI=1S/C13H13ClFNO4S/c14-21(18,19)8-2-3-10(15)9(6-8)13(17)16-11-5-7-1-4-12(11)20-7/h2-3,6-7,11-12H,1,4-5H2,(H,16,17). The Hall–Kier alpha value is -1.18. The molecule has 3 atom stereocenters. The summed E-state index contributed by atoms with van der Waals surface area (Å²) in [6.45, 7) is 0. The third kappa shape index (κ3) is 2.90. The molecule has 0 aliphatic carbocycles. The van der Waals surface area contributed by atoms with Crippen molar-refractivity contribution in [2.45, 2.75) is 42.4 Å². The van der Waals surface area contributed by atoms with Crippen LogP contribution < -0.4 is 5.32 Å². The number of carbonyl (C=O) groups is 1. The molecule has 0 spiro atoms. The predicted octanol–water partition coefficient (Wildman–Crippen LogP) is 1.80. The monoisotopic (exact) mass is 333 g/mol. The molecule has 3 unspecified atom stereocenters. The predicted molar refractivity (Wildman–Crippen MR) is 73.2 cm³/mol. The molecule has 5 nitrogen and oxygen atoms in total. The molecule has 1 aromatic rings. The first kappa shape index (κ1) is 14.7. The van der Waals surface area contributed by atoms with E-state index in [1.165, 1.54) is 0 Å². The molecule has 0 aromatic heterocycles. The van der Waals surface area contributed by atoms with E-state index in [0.29, 0.717) is 6.42 Å². The van der Waals surface area contributed by atoms with Crippen molar-refractivity contribution in [3.63, 3.8) is 0 Å². The van der Waals surface area contributed by atoms with Crippen LogP contribution in [-0.2, 0) is 13.8 Å². The molecule has 21 heavy (non-hydrogen) atoms. The average Bonchev–Trinajstić information content (AvgIpc) is 2.99. The molecule has 2 aliphatic heterocycles. The maximum Gasteiger partial charge on any atom is 0.261 e. The molecule has 114 valence electrons. The molecule has 2 fully saturated rings. The Morgan fingerprint density at radius 3 is 2.71 bits per heavy atom. The van der Waals surface area contributed by atoms with Gasteiger partial charge < -0.3 is 10.1 Å². The first-order chi connectivity index (χ1) is 9.84. The van der Waals surface area contributed by atoms with Gasteiger partial charge in [-0.15, -0.1) is 0 Å². The largest absolute Gasteiger partial charge is 0.373 e. The lowest BCUT2D eigenvalue weighted by Gasteiger charge is -2.20. The lowest BCUT2D eigenvalue weighted by atomic mass is 9.95. The van der Waals surface area contributed by atoms with Crippen LogP contribution >= 0.6 is 10.7 Å². The Bertz CT molecular complexity index is 693. The Morgan fingerprint density at radius 1 is 1.38 bits per heavy atom. The first-order valence-electron chi connectivity index (χ1n) is 6.55. The van der Waals surface area contributed by atoms with Crippen molar-refractivity contribution in [2.24, 2.45) is 0 Å². The van der Waals surface area contributed by atoms with Gasteiger partial charge in [-0.05, 0) is 37.5 Å². The Morgan fingerprint density at radius 2 is 2.14 bits per heavy atom. The zero-order valence-corrected chi connectivity index (χ0v) is 12.5. The van der Waals surface area contributed by atoms with Gasteiger partial charge in [-0.25, -0.2) is 12.8 Å². The molecule has 0 saturated carbocycles. The zero-order chi connectivity index (χ0) is 15.2. The SMILES string of the molecule is O=C(NC1CC2CCC1O2)c1cc(S(=O)(=O)Cl)ccc1F. The van der Waals surface area contributed by atoms with Gasteiger partial charge in [-0.3, -0.25) is 4.79 Å². The summed E-state index contributed by atoms with van der Waals surface area (Å²) in [6.07, 6.45) is 2.66. The summed E-state index contributed by atoms with van der Waals surface area (Å²) in [7, 11) is 1.20. The van der Waals surface area contributed by atoms with E-state index >= 15 is 0 Å². The highest BCUT2D eigenvalue weighted by Crippen LogP contribution is 2.34. The van der Waals surface area contributed by atoms with E-state index < -0.39 is 20.8 Å². The van der Waals surface area contributed by atoms with E-state index in [9.17, 15) is 17.6 Å². The number of amides is 1. The van der Waals surface area contributed by atoms with Crippen molar-refractivity contribution >= 4 is 25.6 Å². The Balaban J connectivity index is 1.81. The highest BCUT2D eigenvalue weighted by atomic mass is 35.7. The van der Waals surface area contributed by atoms with Crippen LogP contribution in [0.1, 0.15) is 29.6 Å². The number of hydrogen-bond donors (Lipinski definition) is 1. The second kappa shape index (κ2) is 5.23. The number of rotatable bonds is 3. The first-order valence-corrected chi connectivity index (χ1v) is 8.86. The molecule has 0 radical (unpaired) electrons. The summed E-state index contributed by atoms with van der Waals surface area (Å²) in [6, 6.07) is 2.73. The molecule has 1 amide bonds. The lowest BCUT2D eigenvalue weighted by molar-refractivity contribution is 0.0838. The highest BCUT2D eigenvalue weighted by Gasteiger charge is 2.41. The van der Waals surface area contributed by atoms with Crippen LogP contribution in [0.5, 0.6) is 0 Å². The van der Waals surface area contributed by atoms with E-state index in [2.05, 4.69) is 5.32 Å². The molecule has 8 heteroatoms. The number of fused-ring (bicyclic) bond motifs is 2. The van der Waals surface area contributed by atoms with Crippen molar-refractivity contribution < 1.29 is 22.3 Å². The number of halogens is 2. The summed E-state index contributed by atoms with van der Waals surface area (Å²) in [5.41, 5.74) is -0.334. The van der Waals surface area contributed by atoms with E-state index in [-0.39, 0.29) is 28.7 Å². The van der Waals surface area contributed by atoms with Gasteiger partial charge in [0, 0.05) is 10.7 Å². The van der Waals surface area contributed by atoms with E-state index in [1.807, 2.05) is 0 Å². The van der Waals surface area contributed by atoms with Crippen molar-refractivity contribution in [1.82, 2.24) is 5.32 Å². The second-order valence-corrected chi connectivity index (χ2v) is 7.83.